The summed E-state index contributed by atoms with van der Waals surface area (Å²) in [6, 6.07) is 1.63. The van der Waals surface area contributed by atoms with Crippen LogP contribution in [0.15, 0.2) is 18.5 Å². The summed E-state index contributed by atoms with van der Waals surface area (Å²) in [5.41, 5.74) is 6.55. The lowest BCUT2D eigenvalue weighted by Gasteiger charge is -2.06. The maximum atomic E-state index is 11.8. The highest BCUT2D eigenvalue weighted by atomic mass is 16.2. The molecule has 0 bridgehead atoms. The first-order chi connectivity index (χ1) is 7.59. The zero-order chi connectivity index (χ0) is 11.7. The highest BCUT2D eigenvalue weighted by Gasteiger charge is 2.13. The summed E-state index contributed by atoms with van der Waals surface area (Å²) in [5.74, 6) is 0.210. The molecule has 1 amide bonds. The number of carbonyl (C=O) groups excluding carboxylic acids is 1. The molecule has 0 aliphatic rings. The Morgan fingerprint density at radius 2 is 2.12 bits per heavy atom. The molecule has 0 saturated heterocycles. The van der Waals surface area contributed by atoms with Crippen LogP contribution in [0, 0.1) is 0 Å². The van der Waals surface area contributed by atoms with Gasteiger partial charge in [0.1, 0.15) is 5.69 Å². The predicted molar refractivity (Wildman–Crippen MR) is 58.8 cm³/mol. The zero-order valence-electron chi connectivity index (χ0n) is 9.01. The van der Waals surface area contributed by atoms with Crippen molar-refractivity contribution in [2.24, 2.45) is 14.1 Å². The molecule has 16 heavy (non-hydrogen) atoms. The van der Waals surface area contributed by atoms with Crippen LogP contribution in [0.4, 0.5) is 11.5 Å². The molecule has 0 unspecified atom stereocenters. The minimum atomic E-state index is -0.268. The monoisotopic (exact) mass is 220 g/mol. The van der Waals surface area contributed by atoms with Crippen molar-refractivity contribution in [1.29, 1.82) is 0 Å². The Bertz CT molecular complexity index is 506. The Morgan fingerprint density at radius 1 is 1.38 bits per heavy atom. The highest BCUT2D eigenvalue weighted by molar-refractivity contribution is 6.03. The van der Waals surface area contributed by atoms with Gasteiger partial charge < -0.3 is 11.1 Å². The van der Waals surface area contributed by atoms with Crippen molar-refractivity contribution in [3.8, 4) is 0 Å². The van der Waals surface area contributed by atoms with Gasteiger partial charge in [0, 0.05) is 20.3 Å². The molecule has 0 atom stereocenters. The molecule has 2 heterocycles. The Morgan fingerprint density at radius 3 is 2.62 bits per heavy atom. The molecule has 2 aromatic rings. The van der Waals surface area contributed by atoms with Gasteiger partial charge in [0.15, 0.2) is 5.82 Å². The number of nitrogens with zero attached hydrogens (tertiary/aromatic N) is 4. The summed E-state index contributed by atoms with van der Waals surface area (Å²) in [4.78, 5) is 11.8. The van der Waals surface area contributed by atoms with Crippen LogP contribution in [0.2, 0.25) is 0 Å². The van der Waals surface area contributed by atoms with Gasteiger partial charge in [0.2, 0.25) is 0 Å². The summed E-state index contributed by atoms with van der Waals surface area (Å²) < 4.78 is 2.99. The van der Waals surface area contributed by atoms with Gasteiger partial charge in [0.05, 0.1) is 11.9 Å². The number of anilines is 2. The molecule has 0 aliphatic carbocycles. The van der Waals surface area contributed by atoms with E-state index < -0.39 is 0 Å². The molecular weight excluding hydrogens is 208 g/mol. The fraction of sp³-hybridized carbons (Fsp3) is 0.222. The van der Waals surface area contributed by atoms with Crippen molar-refractivity contribution >= 4 is 17.4 Å². The van der Waals surface area contributed by atoms with Gasteiger partial charge in [-0.2, -0.15) is 10.2 Å². The lowest BCUT2D eigenvalue weighted by atomic mass is 10.4. The first-order valence-corrected chi connectivity index (χ1v) is 4.66. The minimum Gasteiger partial charge on any atom is -0.394 e. The molecular formula is C9H12N6O. The molecule has 7 nitrogen and oxygen atoms in total. The SMILES string of the molecule is Cn1nccc1C(=O)Nc1c(N)cnn1C. The lowest BCUT2D eigenvalue weighted by molar-refractivity contribution is 0.101. The van der Waals surface area contributed by atoms with Crippen LogP contribution in [0.3, 0.4) is 0 Å². The van der Waals surface area contributed by atoms with Gasteiger partial charge in [-0.25, -0.2) is 0 Å². The predicted octanol–water partition coefficient (Wildman–Crippen LogP) is -0.0119. The van der Waals surface area contributed by atoms with Crippen molar-refractivity contribution in [3.05, 3.63) is 24.2 Å². The first kappa shape index (κ1) is 10.2. The lowest BCUT2D eigenvalue weighted by Crippen LogP contribution is -2.18. The number of amides is 1. The fourth-order valence-electron chi connectivity index (χ4n) is 1.38. The van der Waals surface area contributed by atoms with E-state index in [4.69, 9.17) is 5.73 Å². The molecule has 0 aromatic carbocycles. The molecule has 84 valence electrons. The van der Waals surface area contributed by atoms with Crippen molar-refractivity contribution in [1.82, 2.24) is 19.6 Å². The quantitative estimate of drug-likeness (QED) is 0.744. The number of hydrogen-bond donors (Lipinski definition) is 2. The molecule has 0 saturated carbocycles. The summed E-state index contributed by atoms with van der Waals surface area (Å²) >= 11 is 0. The van der Waals surface area contributed by atoms with Crippen LogP contribution in [-0.2, 0) is 14.1 Å². The van der Waals surface area contributed by atoms with E-state index in [1.54, 1.807) is 26.4 Å². The number of nitrogens with two attached hydrogens (primary N) is 1. The van der Waals surface area contributed by atoms with E-state index in [2.05, 4.69) is 15.5 Å². The Labute approximate surface area is 91.8 Å². The Balaban J connectivity index is 2.24. The molecule has 2 rings (SSSR count). The number of rotatable bonds is 2. The average molecular weight is 220 g/mol. The van der Waals surface area contributed by atoms with Crippen LogP contribution in [0.1, 0.15) is 10.5 Å². The largest absolute Gasteiger partial charge is 0.394 e. The molecule has 0 spiro atoms. The molecule has 3 N–H and O–H groups in total. The van der Waals surface area contributed by atoms with E-state index >= 15 is 0 Å². The summed E-state index contributed by atoms with van der Waals surface area (Å²) in [6.45, 7) is 0. The standard InChI is InChI=1S/C9H12N6O/c1-14-7(3-4-11-14)9(16)13-8-6(10)5-12-15(8)2/h3-5H,10H2,1-2H3,(H,13,16). The smallest absolute Gasteiger partial charge is 0.275 e. The number of aromatic nitrogens is 4. The first-order valence-electron chi connectivity index (χ1n) is 4.66. The minimum absolute atomic E-state index is 0.268. The second-order valence-electron chi connectivity index (χ2n) is 3.37. The number of aryl methyl sites for hydroxylation is 2. The second-order valence-corrected chi connectivity index (χ2v) is 3.37. The molecule has 0 fully saturated rings. The van der Waals surface area contributed by atoms with E-state index in [1.807, 2.05) is 0 Å². The van der Waals surface area contributed by atoms with Gasteiger partial charge in [-0.3, -0.25) is 14.2 Å². The van der Waals surface area contributed by atoms with Gasteiger partial charge >= 0.3 is 0 Å². The molecule has 2 aromatic heterocycles. The average Bonchev–Trinajstić information content (AvgIpc) is 2.79. The fourth-order valence-corrected chi connectivity index (χ4v) is 1.38. The van der Waals surface area contributed by atoms with Crippen LogP contribution in [0.25, 0.3) is 0 Å². The normalized spacial score (nSPS) is 10.4. The topological polar surface area (TPSA) is 90.8 Å². The highest BCUT2D eigenvalue weighted by Crippen LogP contribution is 2.16. The van der Waals surface area contributed by atoms with E-state index in [1.165, 1.54) is 15.6 Å². The summed E-state index contributed by atoms with van der Waals surface area (Å²) in [7, 11) is 3.40. The van der Waals surface area contributed by atoms with E-state index in [-0.39, 0.29) is 5.91 Å². The number of nitrogen functional groups attached to an aromatic ring is 1. The van der Waals surface area contributed by atoms with Crippen molar-refractivity contribution in [2.75, 3.05) is 11.1 Å². The van der Waals surface area contributed by atoms with Crippen molar-refractivity contribution in [2.45, 2.75) is 0 Å². The van der Waals surface area contributed by atoms with Gasteiger partial charge in [-0.05, 0) is 6.07 Å². The van der Waals surface area contributed by atoms with E-state index in [9.17, 15) is 4.79 Å². The Hall–Kier alpha value is -2.31. The maximum Gasteiger partial charge on any atom is 0.275 e. The number of carbonyl (C=O) groups is 1. The third kappa shape index (κ3) is 1.62. The number of hydrogen-bond acceptors (Lipinski definition) is 4. The van der Waals surface area contributed by atoms with Crippen LogP contribution in [0.5, 0.6) is 0 Å². The molecule has 0 aliphatic heterocycles. The number of nitrogens with one attached hydrogen (secondary N) is 1. The van der Waals surface area contributed by atoms with Crippen LogP contribution in [-0.4, -0.2) is 25.5 Å². The maximum absolute atomic E-state index is 11.8. The Kier molecular flexibility index (Phi) is 2.35. The molecule has 7 heteroatoms. The van der Waals surface area contributed by atoms with Crippen LogP contribution >= 0.6 is 0 Å². The van der Waals surface area contributed by atoms with Crippen molar-refractivity contribution in [3.63, 3.8) is 0 Å². The summed E-state index contributed by atoms with van der Waals surface area (Å²) in [5, 5.41) is 10.5. The third-order valence-electron chi connectivity index (χ3n) is 2.25. The van der Waals surface area contributed by atoms with Gasteiger partial charge in [-0.1, -0.05) is 0 Å². The van der Waals surface area contributed by atoms with Crippen molar-refractivity contribution < 1.29 is 4.79 Å². The van der Waals surface area contributed by atoms with E-state index in [0.717, 1.165) is 0 Å². The molecule has 0 radical (unpaired) electrons. The van der Waals surface area contributed by atoms with Gasteiger partial charge in [0.25, 0.3) is 5.91 Å². The zero-order valence-corrected chi connectivity index (χ0v) is 9.01. The third-order valence-corrected chi connectivity index (χ3v) is 2.25. The van der Waals surface area contributed by atoms with E-state index in [0.29, 0.717) is 17.2 Å². The second kappa shape index (κ2) is 3.69. The van der Waals surface area contributed by atoms with Crippen LogP contribution < -0.4 is 11.1 Å². The van der Waals surface area contributed by atoms with Gasteiger partial charge in [-0.15, -0.1) is 0 Å². The summed E-state index contributed by atoms with van der Waals surface area (Å²) in [6.07, 6.45) is 3.04.